The van der Waals surface area contributed by atoms with E-state index in [1.807, 2.05) is 19.1 Å². The molecule has 0 spiro atoms. The van der Waals surface area contributed by atoms with Crippen molar-refractivity contribution < 1.29 is 4.79 Å². The molecule has 0 saturated heterocycles. The van der Waals surface area contributed by atoms with E-state index in [9.17, 15) is 4.79 Å². The van der Waals surface area contributed by atoms with Crippen LogP contribution in [0.2, 0.25) is 5.02 Å². The minimum Gasteiger partial charge on any atom is -0.290 e. The quantitative estimate of drug-likeness (QED) is 0.414. The highest BCUT2D eigenvalue weighted by molar-refractivity contribution is 6.32. The number of hydrazine groups is 1. The van der Waals surface area contributed by atoms with Gasteiger partial charge in [-0.3, -0.25) is 10.2 Å². The lowest BCUT2D eigenvalue weighted by Gasteiger charge is -2.12. The van der Waals surface area contributed by atoms with E-state index >= 15 is 0 Å². The predicted molar refractivity (Wildman–Crippen MR) is 103 cm³/mol. The largest absolute Gasteiger partial charge is 0.290 e. The third-order valence-electron chi connectivity index (χ3n) is 4.33. The second kappa shape index (κ2) is 7.21. The van der Waals surface area contributed by atoms with E-state index < -0.39 is 0 Å². The number of carbonyl (C=O) groups is 1. The van der Waals surface area contributed by atoms with Gasteiger partial charge in [0.2, 0.25) is 0 Å². The fourth-order valence-corrected chi connectivity index (χ4v) is 3.10. The Labute approximate surface area is 152 Å². The number of nitrogens with two attached hydrogens (primary N) is 1. The molecule has 0 fully saturated rings. The maximum absolute atomic E-state index is 12.2. The van der Waals surface area contributed by atoms with Gasteiger partial charge in [-0.15, -0.1) is 0 Å². The van der Waals surface area contributed by atoms with Crippen LogP contribution in [0.15, 0.2) is 42.5 Å². The minimum absolute atomic E-state index is 0.349. The van der Waals surface area contributed by atoms with Crippen LogP contribution in [0.3, 0.4) is 0 Å². The van der Waals surface area contributed by atoms with Gasteiger partial charge >= 0.3 is 0 Å². The van der Waals surface area contributed by atoms with Crippen molar-refractivity contribution in [2.45, 2.75) is 26.7 Å². The number of benzene rings is 2. The number of nitrogen functional groups attached to an aromatic ring is 1. The minimum atomic E-state index is -0.349. The molecule has 1 heterocycles. The average Bonchev–Trinajstić information content (AvgIpc) is 2.64. The van der Waals surface area contributed by atoms with Gasteiger partial charge in [0.1, 0.15) is 0 Å². The number of nitrogens with zero attached hydrogens (tertiary/aromatic N) is 1. The Kier molecular flexibility index (Phi) is 5.02. The number of carbonyl (C=O) groups excluding carboxylic acids is 1. The van der Waals surface area contributed by atoms with Crippen molar-refractivity contribution in [1.82, 2.24) is 10.4 Å². The number of aryl methyl sites for hydroxylation is 2. The number of nitrogens with one attached hydrogen (secondary N) is 1. The zero-order valence-electron chi connectivity index (χ0n) is 14.3. The number of halogens is 1. The van der Waals surface area contributed by atoms with Gasteiger partial charge in [-0.05, 0) is 36.6 Å². The molecule has 0 saturated carbocycles. The fourth-order valence-electron chi connectivity index (χ4n) is 2.95. The van der Waals surface area contributed by atoms with Crippen LogP contribution < -0.4 is 11.3 Å². The van der Waals surface area contributed by atoms with Crippen molar-refractivity contribution in [3.8, 4) is 11.3 Å². The highest BCUT2D eigenvalue weighted by Crippen LogP contribution is 2.30. The van der Waals surface area contributed by atoms with Crippen LogP contribution in [0.1, 0.15) is 34.8 Å². The van der Waals surface area contributed by atoms with E-state index in [1.165, 1.54) is 5.56 Å². The molecule has 0 unspecified atom stereocenters. The molecule has 0 radical (unpaired) electrons. The number of fused-ring (bicyclic) bond motifs is 1. The fraction of sp³-hybridized carbons (Fsp3) is 0.200. The average molecular weight is 354 g/mol. The number of hydrogen-bond donors (Lipinski definition) is 2. The molecule has 3 rings (SSSR count). The first-order chi connectivity index (χ1) is 12.0. The Morgan fingerprint density at radius 2 is 1.92 bits per heavy atom. The van der Waals surface area contributed by atoms with Gasteiger partial charge in [0.05, 0.1) is 16.8 Å². The molecule has 1 aromatic heterocycles. The summed E-state index contributed by atoms with van der Waals surface area (Å²) in [4.78, 5) is 17.0. The van der Waals surface area contributed by atoms with E-state index in [0.717, 1.165) is 35.0 Å². The highest BCUT2D eigenvalue weighted by Gasteiger charge is 2.15. The highest BCUT2D eigenvalue weighted by atomic mass is 35.5. The zero-order chi connectivity index (χ0) is 18.0. The summed E-state index contributed by atoms with van der Waals surface area (Å²) < 4.78 is 0. The van der Waals surface area contributed by atoms with Crippen LogP contribution in [0, 0.1) is 6.92 Å². The van der Waals surface area contributed by atoms with Crippen LogP contribution in [0.5, 0.6) is 0 Å². The maximum atomic E-state index is 12.2. The molecule has 0 aliphatic carbocycles. The Hall–Kier alpha value is -2.43. The van der Waals surface area contributed by atoms with Crippen molar-refractivity contribution >= 4 is 28.4 Å². The number of amides is 1. The molecule has 2 aromatic carbocycles. The van der Waals surface area contributed by atoms with Gasteiger partial charge in [0.25, 0.3) is 5.91 Å². The Morgan fingerprint density at radius 3 is 2.56 bits per heavy atom. The Morgan fingerprint density at radius 1 is 1.20 bits per heavy atom. The molecule has 1 amide bonds. The Bertz CT molecular complexity index is 936. The Balaban J connectivity index is 2.21. The first kappa shape index (κ1) is 17.4. The predicted octanol–water partition coefficient (Wildman–Crippen LogP) is 4.42. The van der Waals surface area contributed by atoms with Gasteiger partial charge < -0.3 is 0 Å². The van der Waals surface area contributed by atoms with Crippen LogP contribution >= 0.6 is 11.6 Å². The van der Waals surface area contributed by atoms with E-state index in [2.05, 4.69) is 24.5 Å². The van der Waals surface area contributed by atoms with Gasteiger partial charge in [0.15, 0.2) is 0 Å². The summed E-state index contributed by atoms with van der Waals surface area (Å²) in [6.07, 6.45) is 2.15. The summed E-state index contributed by atoms with van der Waals surface area (Å²) in [5.74, 6) is 5.01. The second-order valence-corrected chi connectivity index (χ2v) is 6.45. The molecule has 0 atom stereocenters. The third kappa shape index (κ3) is 3.36. The van der Waals surface area contributed by atoms with E-state index in [1.54, 1.807) is 18.2 Å². The van der Waals surface area contributed by atoms with Crippen LogP contribution in [0.4, 0.5) is 0 Å². The van der Waals surface area contributed by atoms with Crippen LogP contribution in [-0.4, -0.2) is 10.9 Å². The van der Waals surface area contributed by atoms with Crippen molar-refractivity contribution in [3.63, 3.8) is 0 Å². The molecule has 25 heavy (non-hydrogen) atoms. The van der Waals surface area contributed by atoms with Crippen molar-refractivity contribution in [3.05, 3.63) is 64.2 Å². The normalized spacial score (nSPS) is 10.9. The van der Waals surface area contributed by atoms with E-state index in [-0.39, 0.29) is 5.91 Å². The second-order valence-electron chi connectivity index (χ2n) is 6.04. The van der Waals surface area contributed by atoms with Crippen molar-refractivity contribution in [2.24, 2.45) is 5.84 Å². The summed E-state index contributed by atoms with van der Waals surface area (Å²) in [7, 11) is 0. The monoisotopic (exact) mass is 353 g/mol. The van der Waals surface area contributed by atoms with Gasteiger partial charge in [-0.1, -0.05) is 55.3 Å². The van der Waals surface area contributed by atoms with Gasteiger partial charge in [-0.2, -0.15) is 0 Å². The molecular formula is C20H20ClN3O. The molecule has 3 N–H and O–H groups in total. The van der Waals surface area contributed by atoms with E-state index in [0.29, 0.717) is 16.1 Å². The molecule has 5 heteroatoms. The summed E-state index contributed by atoms with van der Waals surface area (Å²) in [5, 5.41) is 1.35. The van der Waals surface area contributed by atoms with Gasteiger partial charge in [-0.25, -0.2) is 10.8 Å². The lowest BCUT2D eigenvalue weighted by Crippen LogP contribution is -2.30. The third-order valence-corrected chi connectivity index (χ3v) is 4.74. The van der Waals surface area contributed by atoms with Crippen molar-refractivity contribution in [1.29, 1.82) is 0 Å². The summed E-state index contributed by atoms with van der Waals surface area (Å²) in [6, 6.07) is 13.6. The molecular weight excluding hydrogens is 334 g/mol. The van der Waals surface area contributed by atoms with E-state index in [4.69, 9.17) is 22.4 Å². The molecule has 4 nitrogen and oxygen atoms in total. The standard InChI is InChI=1S/C20H20ClN3O/c1-3-4-13-5-7-14(8-6-13)18-11-16(20(25)24-22)15-9-10-17(21)12(2)19(15)23-18/h5-11H,3-4,22H2,1-2H3,(H,24,25). The first-order valence-electron chi connectivity index (χ1n) is 8.25. The summed E-state index contributed by atoms with van der Waals surface area (Å²) in [6.45, 7) is 4.05. The molecule has 128 valence electrons. The smallest absolute Gasteiger partial charge is 0.265 e. The molecule has 3 aromatic rings. The lowest BCUT2D eigenvalue weighted by atomic mass is 10.0. The van der Waals surface area contributed by atoms with Crippen LogP contribution in [-0.2, 0) is 6.42 Å². The number of hydrogen-bond acceptors (Lipinski definition) is 3. The summed E-state index contributed by atoms with van der Waals surface area (Å²) in [5.41, 5.74) is 7.21. The van der Waals surface area contributed by atoms with Crippen LogP contribution in [0.25, 0.3) is 22.2 Å². The first-order valence-corrected chi connectivity index (χ1v) is 8.63. The maximum Gasteiger partial charge on any atom is 0.265 e. The summed E-state index contributed by atoms with van der Waals surface area (Å²) >= 11 is 6.24. The molecule has 0 aliphatic heterocycles. The number of pyridine rings is 1. The number of rotatable bonds is 4. The number of aromatic nitrogens is 1. The van der Waals surface area contributed by atoms with Gasteiger partial charge in [0, 0.05) is 16.0 Å². The van der Waals surface area contributed by atoms with Crippen molar-refractivity contribution in [2.75, 3.05) is 0 Å². The topological polar surface area (TPSA) is 68.0 Å². The zero-order valence-corrected chi connectivity index (χ0v) is 15.0. The molecule has 0 bridgehead atoms. The molecule has 0 aliphatic rings. The SMILES string of the molecule is CCCc1ccc(-c2cc(C(=O)NN)c3ccc(Cl)c(C)c3n2)cc1. The lowest BCUT2D eigenvalue weighted by molar-refractivity contribution is 0.0955.